The van der Waals surface area contributed by atoms with Gasteiger partial charge in [0.2, 0.25) is 23.6 Å². The quantitative estimate of drug-likeness (QED) is 0.654. The van der Waals surface area contributed by atoms with E-state index in [1.807, 2.05) is 0 Å². The second-order valence-corrected chi connectivity index (χ2v) is 7.89. The molecule has 4 amide bonds. The molecule has 8 heteroatoms. The second kappa shape index (κ2) is 9.82. The van der Waals surface area contributed by atoms with Crippen LogP contribution in [0.1, 0.15) is 44.6 Å². The zero-order valence-corrected chi connectivity index (χ0v) is 17.2. The first-order chi connectivity index (χ1) is 14.4. The molecule has 0 aromatic heterocycles. The number of rotatable bonds is 8. The van der Waals surface area contributed by atoms with Gasteiger partial charge in [-0.2, -0.15) is 0 Å². The van der Waals surface area contributed by atoms with Crippen molar-refractivity contribution < 1.29 is 23.6 Å². The molecule has 3 rings (SSSR count). The molecular formula is C22H28FN3O4. The fraction of sp³-hybridized carbons (Fsp3) is 0.545. The first-order valence-corrected chi connectivity index (χ1v) is 10.5. The van der Waals surface area contributed by atoms with Crippen LogP contribution < -0.4 is 5.32 Å². The van der Waals surface area contributed by atoms with E-state index in [4.69, 9.17) is 0 Å². The van der Waals surface area contributed by atoms with Crippen molar-refractivity contribution in [3.8, 4) is 0 Å². The average molecular weight is 417 g/mol. The van der Waals surface area contributed by atoms with Gasteiger partial charge in [0.05, 0.1) is 18.4 Å². The number of nitrogens with zero attached hydrogens (tertiary/aromatic N) is 2. The Labute approximate surface area is 175 Å². The Morgan fingerprint density at radius 1 is 1.10 bits per heavy atom. The molecule has 2 unspecified atom stereocenters. The molecule has 1 saturated carbocycles. The van der Waals surface area contributed by atoms with Crippen LogP contribution in [0.4, 0.5) is 4.39 Å². The van der Waals surface area contributed by atoms with E-state index in [-0.39, 0.29) is 67.3 Å². The molecule has 1 N–H and O–H groups in total. The lowest BCUT2D eigenvalue weighted by molar-refractivity contribution is -0.141. The van der Waals surface area contributed by atoms with E-state index in [2.05, 4.69) is 5.32 Å². The highest BCUT2D eigenvalue weighted by atomic mass is 19.1. The Balaban J connectivity index is 1.47. The number of benzene rings is 1. The number of carbonyl (C=O) groups is 4. The molecule has 1 aliphatic heterocycles. The molecule has 1 aromatic rings. The number of fused-ring (bicyclic) bond motifs is 1. The summed E-state index contributed by atoms with van der Waals surface area (Å²) in [7, 11) is 0. The van der Waals surface area contributed by atoms with Crippen molar-refractivity contribution in [3.05, 3.63) is 35.6 Å². The van der Waals surface area contributed by atoms with Gasteiger partial charge in [0.15, 0.2) is 0 Å². The van der Waals surface area contributed by atoms with E-state index in [1.54, 1.807) is 19.1 Å². The lowest BCUT2D eigenvalue weighted by Crippen LogP contribution is -2.42. The van der Waals surface area contributed by atoms with E-state index >= 15 is 0 Å². The van der Waals surface area contributed by atoms with Crippen LogP contribution in [0.5, 0.6) is 0 Å². The summed E-state index contributed by atoms with van der Waals surface area (Å²) < 4.78 is 12.9. The molecule has 0 bridgehead atoms. The Morgan fingerprint density at radius 2 is 1.70 bits per heavy atom. The van der Waals surface area contributed by atoms with Crippen molar-refractivity contribution in [2.45, 2.75) is 45.6 Å². The third-order valence-corrected chi connectivity index (χ3v) is 5.95. The lowest BCUT2D eigenvalue weighted by Gasteiger charge is -2.22. The molecule has 2 aliphatic rings. The van der Waals surface area contributed by atoms with Gasteiger partial charge < -0.3 is 10.2 Å². The second-order valence-electron chi connectivity index (χ2n) is 7.89. The van der Waals surface area contributed by atoms with Crippen molar-refractivity contribution in [2.24, 2.45) is 11.8 Å². The number of likely N-dealkylation sites (tertiary alicyclic amines) is 1. The number of halogens is 1. The zero-order chi connectivity index (χ0) is 21.7. The fourth-order valence-electron chi connectivity index (χ4n) is 4.23. The minimum Gasteiger partial charge on any atom is -0.350 e. The van der Waals surface area contributed by atoms with E-state index in [1.165, 1.54) is 21.9 Å². The van der Waals surface area contributed by atoms with Gasteiger partial charge in [-0.15, -0.1) is 0 Å². The maximum Gasteiger partial charge on any atom is 0.239 e. The van der Waals surface area contributed by atoms with Crippen LogP contribution >= 0.6 is 0 Å². The van der Waals surface area contributed by atoms with Gasteiger partial charge in [0.1, 0.15) is 5.82 Å². The predicted octanol–water partition coefficient (Wildman–Crippen LogP) is 1.86. The minimum atomic E-state index is -0.345. The van der Waals surface area contributed by atoms with Crippen molar-refractivity contribution in [1.29, 1.82) is 0 Å². The smallest absolute Gasteiger partial charge is 0.239 e. The highest BCUT2D eigenvalue weighted by Gasteiger charge is 2.47. The standard InChI is InChI=1S/C22H28FN3O4/c1-2-25(14-19(27)24-13-15-7-9-16(23)10-8-15)20(28)11-12-26-21(29)17-5-3-4-6-18(17)22(26)30/h7-10,17-18H,2-6,11-14H2,1H3,(H,24,27). The first-order valence-electron chi connectivity index (χ1n) is 10.5. The van der Waals surface area contributed by atoms with Crippen molar-refractivity contribution in [3.63, 3.8) is 0 Å². The number of carbonyl (C=O) groups excluding carboxylic acids is 4. The number of hydrogen-bond acceptors (Lipinski definition) is 4. The monoisotopic (exact) mass is 417 g/mol. The minimum absolute atomic E-state index is 0.00992. The van der Waals surface area contributed by atoms with Crippen LogP contribution in [0.3, 0.4) is 0 Å². The van der Waals surface area contributed by atoms with Crippen molar-refractivity contribution in [1.82, 2.24) is 15.1 Å². The zero-order valence-electron chi connectivity index (χ0n) is 17.2. The van der Waals surface area contributed by atoms with Crippen LogP contribution in [0.15, 0.2) is 24.3 Å². The summed E-state index contributed by atoms with van der Waals surface area (Å²) in [5, 5.41) is 2.71. The summed E-state index contributed by atoms with van der Waals surface area (Å²) in [6.07, 6.45) is 3.42. The largest absolute Gasteiger partial charge is 0.350 e. The summed E-state index contributed by atoms with van der Waals surface area (Å²) in [5.41, 5.74) is 0.756. The summed E-state index contributed by atoms with van der Waals surface area (Å²) in [6, 6.07) is 5.81. The van der Waals surface area contributed by atoms with E-state index in [0.29, 0.717) is 6.54 Å². The summed E-state index contributed by atoms with van der Waals surface area (Å²) in [6.45, 7) is 2.31. The molecule has 30 heavy (non-hydrogen) atoms. The maximum absolute atomic E-state index is 12.9. The van der Waals surface area contributed by atoms with Crippen LogP contribution in [-0.2, 0) is 25.7 Å². The number of nitrogens with one attached hydrogen (secondary N) is 1. The number of hydrogen-bond donors (Lipinski definition) is 1. The Kier molecular flexibility index (Phi) is 7.18. The molecule has 1 saturated heterocycles. The van der Waals surface area contributed by atoms with Crippen LogP contribution in [0.2, 0.25) is 0 Å². The first kappa shape index (κ1) is 21.9. The summed E-state index contributed by atoms with van der Waals surface area (Å²) in [5.74, 6) is -1.70. The highest BCUT2D eigenvalue weighted by molar-refractivity contribution is 6.05. The molecule has 1 aliphatic carbocycles. The average Bonchev–Trinajstić information content (AvgIpc) is 3.00. The molecule has 1 aromatic carbocycles. The Bertz CT molecular complexity index is 787. The Hall–Kier alpha value is -2.77. The normalized spacial score (nSPS) is 20.8. The summed E-state index contributed by atoms with van der Waals surface area (Å²) in [4.78, 5) is 52.4. The number of likely N-dealkylation sites (N-methyl/N-ethyl adjacent to an activating group) is 1. The lowest BCUT2D eigenvalue weighted by atomic mass is 9.81. The van der Waals surface area contributed by atoms with E-state index < -0.39 is 0 Å². The predicted molar refractivity (Wildman–Crippen MR) is 107 cm³/mol. The van der Waals surface area contributed by atoms with Crippen molar-refractivity contribution in [2.75, 3.05) is 19.6 Å². The van der Waals surface area contributed by atoms with Gasteiger partial charge in [-0.3, -0.25) is 24.1 Å². The third kappa shape index (κ3) is 5.04. The van der Waals surface area contributed by atoms with Gasteiger partial charge in [-0.25, -0.2) is 4.39 Å². The molecule has 0 spiro atoms. The highest BCUT2D eigenvalue weighted by Crippen LogP contribution is 2.37. The molecular weight excluding hydrogens is 389 g/mol. The molecule has 162 valence electrons. The number of amides is 4. The van der Waals surface area contributed by atoms with Crippen molar-refractivity contribution >= 4 is 23.6 Å². The molecule has 7 nitrogen and oxygen atoms in total. The van der Waals surface area contributed by atoms with Gasteiger partial charge in [0, 0.05) is 26.1 Å². The third-order valence-electron chi connectivity index (χ3n) is 5.95. The summed E-state index contributed by atoms with van der Waals surface area (Å²) >= 11 is 0. The molecule has 1 heterocycles. The number of imide groups is 1. The SMILES string of the molecule is CCN(CC(=O)NCc1ccc(F)cc1)C(=O)CCN1C(=O)C2CCCCC2C1=O. The van der Waals surface area contributed by atoms with Crippen LogP contribution in [0.25, 0.3) is 0 Å². The Morgan fingerprint density at radius 3 is 2.27 bits per heavy atom. The van der Waals surface area contributed by atoms with Gasteiger partial charge in [-0.1, -0.05) is 25.0 Å². The van der Waals surface area contributed by atoms with Crippen LogP contribution in [-0.4, -0.2) is 53.1 Å². The van der Waals surface area contributed by atoms with E-state index in [9.17, 15) is 23.6 Å². The molecule has 2 atom stereocenters. The molecule has 0 radical (unpaired) electrons. The molecule has 2 fully saturated rings. The fourth-order valence-corrected chi connectivity index (χ4v) is 4.23. The van der Waals surface area contributed by atoms with Gasteiger partial charge >= 0.3 is 0 Å². The topological polar surface area (TPSA) is 86.8 Å². The van der Waals surface area contributed by atoms with Crippen LogP contribution in [0, 0.1) is 17.7 Å². The van der Waals surface area contributed by atoms with Gasteiger partial charge in [-0.05, 0) is 37.5 Å². The van der Waals surface area contributed by atoms with E-state index in [0.717, 1.165) is 31.2 Å². The van der Waals surface area contributed by atoms with Gasteiger partial charge in [0.25, 0.3) is 0 Å². The maximum atomic E-state index is 12.9.